The van der Waals surface area contributed by atoms with E-state index in [1.165, 1.54) is 11.6 Å². The molecule has 1 saturated heterocycles. The highest BCUT2D eigenvalue weighted by Gasteiger charge is 2.27. The van der Waals surface area contributed by atoms with Gasteiger partial charge in [0.2, 0.25) is 0 Å². The Hall–Kier alpha value is -1.23. The fourth-order valence-corrected chi connectivity index (χ4v) is 3.39. The molecule has 0 saturated carbocycles. The Morgan fingerprint density at radius 3 is 2.77 bits per heavy atom. The second kappa shape index (κ2) is 7.36. The molecule has 2 atom stereocenters. The number of ether oxygens (including phenoxy) is 1. The van der Waals surface area contributed by atoms with Crippen LogP contribution in [-0.2, 0) is 11.3 Å². The van der Waals surface area contributed by atoms with E-state index >= 15 is 0 Å². The van der Waals surface area contributed by atoms with Crippen LogP contribution in [0.25, 0.3) is 0 Å². The number of nitrogens with zero attached hydrogens (tertiary/aromatic N) is 1. The van der Waals surface area contributed by atoms with E-state index in [4.69, 9.17) is 4.74 Å². The Labute approximate surface area is 139 Å². The van der Waals surface area contributed by atoms with Gasteiger partial charge in [0.15, 0.2) is 0 Å². The lowest BCUT2D eigenvalue weighted by atomic mass is 10.1. The molecule has 22 heavy (non-hydrogen) atoms. The van der Waals surface area contributed by atoms with Crippen LogP contribution in [0, 0.1) is 5.82 Å². The third kappa shape index (κ3) is 3.94. The fraction of sp³-hybridized carbons (Fsp3) is 0.333. The van der Waals surface area contributed by atoms with Gasteiger partial charge < -0.3 is 4.74 Å². The zero-order valence-electron chi connectivity index (χ0n) is 12.3. The first-order valence-corrected chi connectivity index (χ1v) is 8.41. The van der Waals surface area contributed by atoms with E-state index in [0.29, 0.717) is 6.61 Å². The summed E-state index contributed by atoms with van der Waals surface area (Å²) in [6, 6.07) is 17.1. The van der Waals surface area contributed by atoms with Gasteiger partial charge in [0.05, 0.1) is 17.5 Å². The van der Waals surface area contributed by atoms with Gasteiger partial charge in [-0.05, 0) is 23.3 Å². The number of halogens is 2. The van der Waals surface area contributed by atoms with Crippen LogP contribution in [0.4, 0.5) is 4.39 Å². The summed E-state index contributed by atoms with van der Waals surface area (Å²) in [6.45, 7) is 3.38. The molecule has 0 aromatic heterocycles. The van der Waals surface area contributed by atoms with E-state index in [9.17, 15) is 4.39 Å². The zero-order valence-corrected chi connectivity index (χ0v) is 13.9. The van der Waals surface area contributed by atoms with Crippen molar-refractivity contribution in [3.8, 4) is 0 Å². The standard InChI is InChI=1S/C18H19BrFNO/c19-18(15-7-4-8-16(20)11-15)17-13-21(9-10-22-17)12-14-5-2-1-3-6-14/h1-8,11,17-18H,9-10,12-13H2. The van der Waals surface area contributed by atoms with Gasteiger partial charge >= 0.3 is 0 Å². The van der Waals surface area contributed by atoms with Gasteiger partial charge in [0.25, 0.3) is 0 Å². The SMILES string of the molecule is Fc1cccc(C(Br)C2CN(Cc3ccccc3)CCO2)c1. The Kier molecular flexibility index (Phi) is 5.24. The Balaban J connectivity index is 1.65. The quantitative estimate of drug-likeness (QED) is 0.756. The lowest BCUT2D eigenvalue weighted by molar-refractivity contribution is -0.0310. The number of hydrogen-bond donors (Lipinski definition) is 0. The fourth-order valence-electron chi connectivity index (χ4n) is 2.79. The highest BCUT2D eigenvalue weighted by molar-refractivity contribution is 9.09. The highest BCUT2D eigenvalue weighted by atomic mass is 79.9. The topological polar surface area (TPSA) is 12.5 Å². The average Bonchev–Trinajstić information content (AvgIpc) is 2.55. The van der Waals surface area contributed by atoms with Crippen molar-refractivity contribution in [3.63, 3.8) is 0 Å². The maximum absolute atomic E-state index is 13.4. The molecule has 0 radical (unpaired) electrons. The molecule has 2 nitrogen and oxygen atoms in total. The van der Waals surface area contributed by atoms with Crippen LogP contribution in [0.3, 0.4) is 0 Å². The van der Waals surface area contributed by atoms with Crippen LogP contribution < -0.4 is 0 Å². The summed E-state index contributed by atoms with van der Waals surface area (Å²) >= 11 is 3.68. The van der Waals surface area contributed by atoms with Crippen molar-refractivity contribution >= 4 is 15.9 Å². The lowest BCUT2D eigenvalue weighted by Gasteiger charge is -2.35. The first-order valence-electron chi connectivity index (χ1n) is 7.50. The van der Waals surface area contributed by atoms with E-state index in [-0.39, 0.29) is 16.7 Å². The summed E-state index contributed by atoms with van der Waals surface area (Å²) in [4.78, 5) is 2.39. The largest absolute Gasteiger partial charge is 0.374 e. The lowest BCUT2D eigenvalue weighted by Crippen LogP contribution is -2.43. The molecular weight excluding hydrogens is 345 g/mol. The molecule has 0 amide bonds. The van der Waals surface area contributed by atoms with Crippen molar-refractivity contribution in [2.24, 2.45) is 0 Å². The van der Waals surface area contributed by atoms with Crippen molar-refractivity contribution < 1.29 is 9.13 Å². The van der Waals surface area contributed by atoms with Gasteiger partial charge in [0, 0.05) is 19.6 Å². The van der Waals surface area contributed by atoms with Gasteiger partial charge in [-0.1, -0.05) is 58.4 Å². The Morgan fingerprint density at radius 2 is 2.00 bits per heavy atom. The van der Waals surface area contributed by atoms with Crippen molar-refractivity contribution in [1.82, 2.24) is 4.90 Å². The Morgan fingerprint density at radius 1 is 1.18 bits per heavy atom. The van der Waals surface area contributed by atoms with Crippen LogP contribution in [-0.4, -0.2) is 30.7 Å². The predicted octanol–water partition coefficient (Wildman–Crippen LogP) is 4.16. The smallest absolute Gasteiger partial charge is 0.123 e. The van der Waals surface area contributed by atoms with Gasteiger partial charge in [-0.25, -0.2) is 4.39 Å². The minimum Gasteiger partial charge on any atom is -0.374 e. The third-order valence-electron chi connectivity index (χ3n) is 3.92. The van der Waals surface area contributed by atoms with Crippen molar-refractivity contribution in [1.29, 1.82) is 0 Å². The maximum atomic E-state index is 13.4. The molecule has 0 bridgehead atoms. The van der Waals surface area contributed by atoms with Crippen LogP contribution >= 0.6 is 15.9 Å². The molecule has 4 heteroatoms. The molecule has 0 spiro atoms. The van der Waals surface area contributed by atoms with Crippen molar-refractivity contribution in [3.05, 3.63) is 71.5 Å². The summed E-state index contributed by atoms with van der Waals surface area (Å²) in [5.41, 5.74) is 2.23. The molecule has 1 heterocycles. The van der Waals surface area contributed by atoms with Crippen LogP contribution in [0.1, 0.15) is 16.0 Å². The maximum Gasteiger partial charge on any atom is 0.123 e. The van der Waals surface area contributed by atoms with Crippen LogP contribution in [0.2, 0.25) is 0 Å². The number of alkyl halides is 1. The number of hydrogen-bond acceptors (Lipinski definition) is 2. The van der Waals surface area contributed by atoms with E-state index in [0.717, 1.165) is 25.2 Å². The first-order chi connectivity index (χ1) is 10.7. The minimum absolute atomic E-state index is 0.00164. The second-order valence-electron chi connectivity index (χ2n) is 5.59. The predicted molar refractivity (Wildman–Crippen MR) is 89.5 cm³/mol. The van der Waals surface area contributed by atoms with Gasteiger partial charge in [-0.15, -0.1) is 0 Å². The number of rotatable bonds is 4. The van der Waals surface area contributed by atoms with Gasteiger partial charge in [0.1, 0.15) is 5.82 Å². The number of benzene rings is 2. The van der Waals surface area contributed by atoms with E-state index in [2.05, 4.69) is 45.1 Å². The summed E-state index contributed by atoms with van der Waals surface area (Å²) < 4.78 is 19.3. The molecular formula is C18H19BrFNO. The summed E-state index contributed by atoms with van der Waals surface area (Å²) in [5, 5.41) is 0. The normalized spacial score (nSPS) is 20.7. The van der Waals surface area contributed by atoms with Crippen molar-refractivity contribution in [2.75, 3.05) is 19.7 Å². The van der Waals surface area contributed by atoms with E-state index in [1.807, 2.05) is 12.1 Å². The van der Waals surface area contributed by atoms with E-state index < -0.39 is 0 Å². The van der Waals surface area contributed by atoms with Gasteiger partial charge in [-0.3, -0.25) is 4.90 Å². The van der Waals surface area contributed by atoms with Crippen LogP contribution in [0.5, 0.6) is 0 Å². The highest BCUT2D eigenvalue weighted by Crippen LogP contribution is 2.31. The molecule has 0 aliphatic carbocycles. The molecule has 0 N–H and O–H groups in total. The zero-order chi connectivity index (χ0) is 15.4. The molecule has 2 aromatic carbocycles. The summed E-state index contributed by atoms with van der Waals surface area (Å²) in [6.07, 6.45) is 0.0271. The number of morpholine rings is 1. The second-order valence-corrected chi connectivity index (χ2v) is 6.57. The molecule has 1 aliphatic rings. The monoisotopic (exact) mass is 363 g/mol. The summed E-state index contributed by atoms with van der Waals surface area (Å²) in [7, 11) is 0. The summed E-state index contributed by atoms with van der Waals surface area (Å²) in [5.74, 6) is -0.209. The van der Waals surface area contributed by atoms with Gasteiger partial charge in [-0.2, -0.15) is 0 Å². The first kappa shape index (κ1) is 15.7. The molecule has 3 rings (SSSR count). The third-order valence-corrected chi connectivity index (χ3v) is 5.04. The molecule has 2 aromatic rings. The minimum atomic E-state index is -0.209. The molecule has 2 unspecified atom stereocenters. The average molecular weight is 364 g/mol. The molecule has 1 fully saturated rings. The molecule has 1 aliphatic heterocycles. The van der Waals surface area contributed by atoms with Crippen molar-refractivity contribution in [2.45, 2.75) is 17.5 Å². The van der Waals surface area contributed by atoms with Crippen LogP contribution in [0.15, 0.2) is 54.6 Å². The Bertz CT molecular complexity index is 607. The molecule has 116 valence electrons. The van der Waals surface area contributed by atoms with E-state index in [1.54, 1.807) is 12.1 Å².